The predicted octanol–water partition coefficient (Wildman–Crippen LogP) is 2.93. The largest absolute Gasteiger partial charge is 0.497 e. The molecule has 1 heterocycles. The van der Waals surface area contributed by atoms with Crippen LogP contribution in [0.5, 0.6) is 11.5 Å². The third kappa shape index (κ3) is 4.22. The van der Waals surface area contributed by atoms with Crippen LogP contribution in [0.25, 0.3) is 0 Å². The van der Waals surface area contributed by atoms with Gasteiger partial charge in [0.05, 0.1) is 26.2 Å². The first kappa shape index (κ1) is 18.8. The molecule has 1 N–H and O–H groups in total. The van der Waals surface area contributed by atoms with Gasteiger partial charge in [-0.3, -0.25) is 9.59 Å². The van der Waals surface area contributed by atoms with Crippen molar-refractivity contribution in [3.8, 4) is 11.5 Å². The van der Waals surface area contributed by atoms with E-state index in [4.69, 9.17) is 9.47 Å². The first-order valence-corrected chi connectivity index (χ1v) is 8.90. The van der Waals surface area contributed by atoms with Gasteiger partial charge in [-0.2, -0.15) is 0 Å². The van der Waals surface area contributed by atoms with E-state index in [-0.39, 0.29) is 30.2 Å². The third-order valence-electron chi connectivity index (χ3n) is 4.85. The minimum absolute atomic E-state index is 0.0441. The molecule has 3 rings (SSSR count). The number of benzene rings is 2. The standard InChI is InChI=1S/C21H24N2O4/c1-14(15-4-8-18(26-2)9-5-15)22-21(25)16-12-20(24)23(13-16)17-6-10-19(27-3)11-7-17/h4-11,14,16H,12-13H2,1-3H3,(H,22,25). The van der Waals surface area contributed by atoms with Gasteiger partial charge in [0.25, 0.3) is 0 Å². The van der Waals surface area contributed by atoms with Gasteiger partial charge in [0.1, 0.15) is 11.5 Å². The normalized spacial score (nSPS) is 17.5. The van der Waals surface area contributed by atoms with Crippen LogP contribution in [0, 0.1) is 5.92 Å². The van der Waals surface area contributed by atoms with E-state index in [1.54, 1.807) is 19.1 Å². The van der Waals surface area contributed by atoms with Crippen molar-refractivity contribution in [3.05, 3.63) is 54.1 Å². The molecule has 1 saturated heterocycles. The Hall–Kier alpha value is -3.02. The molecule has 0 radical (unpaired) electrons. The monoisotopic (exact) mass is 368 g/mol. The summed E-state index contributed by atoms with van der Waals surface area (Å²) in [4.78, 5) is 26.7. The minimum Gasteiger partial charge on any atom is -0.497 e. The second-order valence-corrected chi connectivity index (χ2v) is 6.61. The van der Waals surface area contributed by atoms with Crippen LogP contribution >= 0.6 is 0 Å². The quantitative estimate of drug-likeness (QED) is 0.851. The summed E-state index contributed by atoms with van der Waals surface area (Å²) < 4.78 is 10.3. The van der Waals surface area contributed by atoms with E-state index in [1.165, 1.54) is 0 Å². The first-order valence-electron chi connectivity index (χ1n) is 8.90. The molecule has 0 aliphatic carbocycles. The summed E-state index contributed by atoms with van der Waals surface area (Å²) in [6.45, 7) is 2.31. The Morgan fingerprint density at radius 2 is 1.59 bits per heavy atom. The number of rotatable bonds is 6. The van der Waals surface area contributed by atoms with Gasteiger partial charge in [0.15, 0.2) is 0 Å². The lowest BCUT2D eigenvalue weighted by molar-refractivity contribution is -0.126. The topological polar surface area (TPSA) is 67.9 Å². The fourth-order valence-electron chi connectivity index (χ4n) is 3.20. The number of amides is 2. The van der Waals surface area contributed by atoms with Crippen LogP contribution in [0.1, 0.15) is 24.9 Å². The number of methoxy groups -OCH3 is 2. The molecule has 0 saturated carbocycles. The minimum atomic E-state index is -0.361. The van der Waals surface area contributed by atoms with Gasteiger partial charge in [0, 0.05) is 18.7 Å². The summed E-state index contributed by atoms with van der Waals surface area (Å²) in [6.07, 6.45) is 0.215. The Balaban J connectivity index is 1.62. The lowest BCUT2D eigenvalue weighted by Gasteiger charge is -2.19. The molecule has 1 fully saturated rings. The molecule has 2 aromatic carbocycles. The van der Waals surface area contributed by atoms with Crippen molar-refractivity contribution in [2.75, 3.05) is 25.7 Å². The molecule has 1 aliphatic rings. The van der Waals surface area contributed by atoms with E-state index in [9.17, 15) is 9.59 Å². The van der Waals surface area contributed by atoms with Gasteiger partial charge in [0.2, 0.25) is 11.8 Å². The molecule has 2 aromatic rings. The van der Waals surface area contributed by atoms with Crippen LogP contribution in [0.2, 0.25) is 0 Å². The lowest BCUT2D eigenvalue weighted by Crippen LogP contribution is -2.34. The van der Waals surface area contributed by atoms with E-state index in [0.717, 1.165) is 22.7 Å². The fraction of sp³-hybridized carbons (Fsp3) is 0.333. The number of nitrogens with one attached hydrogen (secondary N) is 1. The second-order valence-electron chi connectivity index (χ2n) is 6.61. The maximum Gasteiger partial charge on any atom is 0.227 e. The van der Waals surface area contributed by atoms with Crippen molar-refractivity contribution in [1.82, 2.24) is 5.32 Å². The number of anilines is 1. The Morgan fingerprint density at radius 3 is 2.15 bits per heavy atom. The van der Waals surface area contributed by atoms with Gasteiger partial charge < -0.3 is 19.7 Å². The molecule has 1 aliphatic heterocycles. The zero-order valence-corrected chi connectivity index (χ0v) is 15.8. The van der Waals surface area contributed by atoms with Gasteiger partial charge >= 0.3 is 0 Å². The number of hydrogen-bond acceptors (Lipinski definition) is 4. The van der Waals surface area contributed by atoms with E-state index >= 15 is 0 Å². The predicted molar refractivity (Wildman–Crippen MR) is 103 cm³/mol. The molecule has 0 spiro atoms. The molecule has 0 aromatic heterocycles. The zero-order valence-electron chi connectivity index (χ0n) is 15.8. The average Bonchev–Trinajstić information content (AvgIpc) is 3.10. The smallest absolute Gasteiger partial charge is 0.227 e. The van der Waals surface area contributed by atoms with Gasteiger partial charge in [-0.05, 0) is 48.9 Å². The van der Waals surface area contributed by atoms with E-state index in [0.29, 0.717) is 6.54 Å². The van der Waals surface area contributed by atoms with Crippen molar-refractivity contribution in [1.29, 1.82) is 0 Å². The number of carbonyl (C=O) groups excluding carboxylic acids is 2. The fourth-order valence-corrected chi connectivity index (χ4v) is 3.20. The lowest BCUT2D eigenvalue weighted by atomic mass is 10.0. The van der Waals surface area contributed by atoms with E-state index in [1.807, 2.05) is 55.5 Å². The van der Waals surface area contributed by atoms with Gasteiger partial charge in [-0.15, -0.1) is 0 Å². The van der Waals surface area contributed by atoms with Crippen LogP contribution in [0.15, 0.2) is 48.5 Å². The Labute approximate surface area is 159 Å². The molecule has 2 unspecified atom stereocenters. The summed E-state index contributed by atoms with van der Waals surface area (Å²) in [7, 11) is 3.21. The van der Waals surface area contributed by atoms with E-state index in [2.05, 4.69) is 5.32 Å². The molecule has 2 atom stereocenters. The molecule has 27 heavy (non-hydrogen) atoms. The number of nitrogens with zero attached hydrogens (tertiary/aromatic N) is 1. The van der Waals surface area contributed by atoms with Crippen LogP contribution in [0.3, 0.4) is 0 Å². The summed E-state index contributed by atoms with van der Waals surface area (Å²) in [5.41, 5.74) is 1.76. The molecule has 6 heteroatoms. The highest BCUT2D eigenvalue weighted by atomic mass is 16.5. The molecule has 0 bridgehead atoms. The zero-order chi connectivity index (χ0) is 19.4. The summed E-state index contributed by atoms with van der Waals surface area (Å²) in [6, 6.07) is 14.7. The average molecular weight is 368 g/mol. The second kappa shape index (κ2) is 8.12. The molecular formula is C21H24N2O4. The highest BCUT2D eigenvalue weighted by molar-refractivity contribution is 6.00. The summed E-state index contributed by atoms with van der Waals surface area (Å²) in [5, 5.41) is 3.01. The third-order valence-corrected chi connectivity index (χ3v) is 4.85. The summed E-state index contributed by atoms with van der Waals surface area (Å²) in [5.74, 6) is 0.988. The number of carbonyl (C=O) groups is 2. The highest BCUT2D eigenvalue weighted by Gasteiger charge is 2.35. The maximum atomic E-state index is 12.6. The Morgan fingerprint density at radius 1 is 1.04 bits per heavy atom. The Kier molecular flexibility index (Phi) is 5.64. The number of hydrogen-bond donors (Lipinski definition) is 1. The van der Waals surface area contributed by atoms with Crippen molar-refractivity contribution >= 4 is 17.5 Å². The van der Waals surface area contributed by atoms with Crippen molar-refractivity contribution < 1.29 is 19.1 Å². The van der Waals surface area contributed by atoms with Crippen molar-refractivity contribution in [2.45, 2.75) is 19.4 Å². The maximum absolute atomic E-state index is 12.6. The van der Waals surface area contributed by atoms with Crippen LogP contribution in [-0.4, -0.2) is 32.6 Å². The molecule has 142 valence electrons. The van der Waals surface area contributed by atoms with Crippen LogP contribution in [0.4, 0.5) is 5.69 Å². The van der Waals surface area contributed by atoms with Crippen LogP contribution in [-0.2, 0) is 9.59 Å². The van der Waals surface area contributed by atoms with E-state index < -0.39 is 0 Å². The molecule has 6 nitrogen and oxygen atoms in total. The highest BCUT2D eigenvalue weighted by Crippen LogP contribution is 2.27. The SMILES string of the molecule is COc1ccc(C(C)NC(=O)C2CC(=O)N(c3ccc(OC)cc3)C2)cc1. The molecular weight excluding hydrogens is 344 g/mol. The van der Waals surface area contributed by atoms with Gasteiger partial charge in [-0.25, -0.2) is 0 Å². The Bertz CT molecular complexity index is 802. The molecule has 2 amide bonds. The number of ether oxygens (including phenoxy) is 2. The summed E-state index contributed by atoms with van der Waals surface area (Å²) >= 11 is 0. The van der Waals surface area contributed by atoms with Crippen molar-refractivity contribution in [2.24, 2.45) is 5.92 Å². The van der Waals surface area contributed by atoms with Gasteiger partial charge in [-0.1, -0.05) is 12.1 Å². The first-order chi connectivity index (χ1) is 13.0. The van der Waals surface area contributed by atoms with Crippen LogP contribution < -0.4 is 19.7 Å². The van der Waals surface area contributed by atoms with Crippen molar-refractivity contribution in [3.63, 3.8) is 0 Å².